The molecular formula is C24H27ClFN3O2. The van der Waals surface area contributed by atoms with Crippen molar-refractivity contribution >= 4 is 23.4 Å². The summed E-state index contributed by atoms with van der Waals surface area (Å²) < 4.78 is 13.9. The number of aryl methyl sites for hydroxylation is 1. The summed E-state index contributed by atoms with van der Waals surface area (Å²) in [6, 6.07) is 10.4. The van der Waals surface area contributed by atoms with Crippen LogP contribution in [0.25, 0.3) is 0 Å². The van der Waals surface area contributed by atoms with Gasteiger partial charge in [0.05, 0.1) is 0 Å². The quantitative estimate of drug-likeness (QED) is 0.765. The fourth-order valence-electron chi connectivity index (χ4n) is 4.92. The molecule has 0 bridgehead atoms. The number of fused-ring (bicyclic) bond motifs is 1. The second-order valence-corrected chi connectivity index (χ2v) is 9.20. The van der Waals surface area contributed by atoms with Gasteiger partial charge < -0.3 is 10.6 Å². The van der Waals surface area contributed by atoms with Gasteiger partial charge >= 0.3 is 0 Å². The number of primary amides is 1. The minimum atomic E-state index is -0.359. The predicted molar refractivity (Wildman–Crippen MR) is 118 cm³/mol. The van der Waals surface area contributed by atoms with E-state index in [4.69, 9.17) is 17.3 Å². The van der Waals surface area contributed by atoms with Crippen LogP contribution in [0, 0.1) is 31.5 Å². The van der Waals surface area contributed by atoms with Crippen molar-refractivity contribution < 1.29 is 14.0 Å². The fourth-order valence-corrected chi connectivity index (χ4v) is 5.11. The predicted octanol–water partition coefficient (Wildman–Crippen LogP) is 3.72. The van der Waals surface area contributed by atoms with Gasteiger partial charge in [-0.15, -0.1) is 0 Å². The highest BCUT2D eigenvalue weighted by Gasteiger charge is 2.44. The van der Waals surface area contributed by atoms with Crippen molar-refractivity contribution in [3.8, 4) is 0 Å². The van der Waals surface area contributed by atoms with Crippen molar-refractivity contribution in [1.29, 1.82) is 0 Å². The molecule has 5 nitrogen and oxygen atoms in total. The summed E-state index contributed by atoms with van der Waals surface area (Å²) in [5.41, 5.74) is 8.35. The zero-order valence-corrected chi connectivity index (χ0v) is 18.5. The maximum atomic E-state index is 13.9. The molecule has 2 aromatic carbocycles. The largest absolute Gasteiger partial charge is 0.370 e. The zero-order valence-electron chi connectivity index (χ0n) is 17.8. The minimum Gasteiger partial charge on any atom is -0.370 e. The van der Waals surface area contributed by atoms with E-state index >= 15 is 0 Å². The first-order valence-corrected chi connectivity index (χ1v) is 10.9. The number of carbonyl (C=O) groups excluding carboxylic acids is 2. The Kier molecular flexibility index (Phi) is 6.04. The molecule has 3 atom stereocenters. The average molecular weight is 444 g/mol. The van der Waals surface area contributed by atoms with Crippen LogP contribution < -0.4 is 5.73 Å². The van der Waals surface area contributed by atoms with Crippen LogP contribution in [0.2, 0.25) is 5.02 Å². The minimum absolute atomic E-state index is 0.114. The molecule has 0 aromatic heterocycles. The van der Waals surface area contributed by atoms with E-state index in [0.717, 1.165) is 24.2 Å². The fraction of sp³-hybridized carbons (Fsp3) is 0.417. The van der Waals surface area contributed by atoms with E-state index in [1.54, 1.807) is 19.1 Å². The Morgan fingerprint density at radius 2 is 1.81 bits per heavy atom. The smallest absolute Gasteiger partial charge is 0.254 e. The summed E-state index contributed by atoms with van der Waals surface area (Å²) >= 11 is 6.33. The van der Waals surface area contributed by atoms with Crippen LogP contribution in [0.15, 0.2) is 36.4 Å². The average Bonchev–Trinajstić information content (AvgIpc) is 3.29. The van der Waals surface area contributed by atoms with Crippen molar-refractivity contribution in [3.05, 3.63) is 69.5 Å². The first kappa shape index (κ1) is 21.8. The van der Waals surface area contributed by atoms with Crippen molar-refractivity contribution in [2.24, 2.45) is 17.6 Å². The van der Waals surface area contributed by atoms with Gasteiger partial charge in [0.15, 0.2) is 0 Å². The van der Waals surface area contributed by atoms with Crippen LogP contribution in [0.4, 0.5) is 4.39 Å². The summed E-state index contributed by atoms with van der Waals surface area (Å²) in [5, 5.41) is 0.675. The Morgan fingerprint density at radius 3 is 2.42 bits per heavy atom. The van der Waals surface area contributed by atoms with E-state index < -0.39 is 0 Å². The van der Waals surface area contributed by atoms with Gasteiger partial charge in [-0.3, -0.25) is 14.5 Å². The van der Waals surface area contributed by atoms with E-state index in [-0.39, 0.29) is 30.1 Å². The van der Waals surface area contributed by atoms with Crippen LogP contribution in [0.5, 0.6) is 0 Å². The molecule has 0 radical (unpaired) electrons. The number of amides is 2. The Labute approximate surface area is 187 Å². The summed E-state index contributed by atoms with van der Waals surface area (Å²) in [6.45, 7) is 6.41. The van der Waals surface area contributed by atoms with Gasteiger partial charge in [0, 0.05) is 49.2 Å². The molecule has 2 aliphatic rings. The van der Waals surface area contributed by atoms with Crippen LogP contribution in [0.3, 0.4) is 0 Å². The van der Waals surface area contributed by atoms with Crippen molar-refractivity contribution in [2.75, 3.05) is 26.2 Å². The first-order chi connectivity index (χ1) is 14.7. The van der Waals surface area contributed by atoms with Gasteiger partial charge in [0.1, 0.15) is 5.82 Å². The molecule has 0 spiro atoms. The first-order valence-electron chi connectivity index (χ1n) is 10.6. The monoisotopic (exact) mass is 443 g/mol. The molecule has 2 amide bonds. The summed E-state index contributed by atoms with van der Waals surface area (Å²) in [5.74, 6) is -0.195. The number of likely N-dealkylation sites (tertiary alicyclic amines) is 2. The third kappa shape index (κ3) is 4.32. The van der Waals surface area contributed by atoms with E-state index in [2.05, 4.69) is 4.90 Å². The molecule has 4 rings (SSSR count). The Morgan fingerprint density at radius 1 is 1.13 bits per heavy atom. The standard InChI is InChI=1S/C24H27ClFN3O2/c1-14-6-7-16(8-20(14)25)22(9-23(27)30)28-10-17-12-29(13-18(17)11-28)24(31)19-4-3-5-21(26)15(19)2/h3-8,17-18,22H,9-13H2,1-2H3,(H2,27,30). The number of nitrogens with zero attached hydrogens (tertiary/aromatic N) is 2. The molecule has 2 aromatic rings. The number of rotatable bonds is 5. The van der Waals surface area contributed by atoms with Crippen molar-refractivity contribution in [3.63, 3.8) is 0 Å². The van der Waals surface area contributed by atoms with Gasteiger partial charge in [0.25, 0.3) is 5.91 Å². The number of carbonyl (C=O) groups is 2. The van der Waals surface area contributed by atoms with Crippen LogP contribution >= 0.6 is 11.6 Å². The van der Waals surface area contributed by atoms with E-state index in [1.807, 2.05) is 30.0 Å². The molecular weight excluding hydrogens is 417 g/mol. The Hall–Kier alpha value is -2.44. The number of hydrogen-bond donors (Lipinski definition) is 1. The Balaban J connectivity index is 1.48. The molecule has 2 N–H and O–H groups in total. The van der Waals surface area contributed by atoms with Gasteiger partial charge in [-0.1, -0.05) is 29.8 Å². The van der Waals surface area contributed by atoms with Gasteiger partial charge in [-0.25, -0.2) is 4.39 Å². The van der Waals surface area contributed by atoms with E-state index in [1.165, 1.54) is 6.07 Å². The molecule has 0 saturated carbocycles. The van der Waals surface area contributed by atoms with Gasteiger partial charge in [-0.05, 0) is 60.6 Å². The lowest BCUT2D eigenvalue weighted by Gasteiger charge is -2.29. The lowest BCUT2D eigenvalue weighted by atomic mass is 10.0. The lowest BCUT2D eigenvalue weighted by Crippen LogP contribution is -2.36. The van der Waals surface area contributed by atoms with Crippen molar-refractivity contribution in [2.45, 2.75) is 26.3 Å². The molecule has 2 saturated heterocycles. The highest BCUT2D eigenvalue weighted by atomic mass is 35.5. The van der Waals surface area contributed by atoms with Crippen LogP contribution in [0.1, 0.15) is 39.5 Å². The summed E-state index contributed by atoms with van der Waals surface area (Å²) in [7, 11) is 0. The third-order valence-corrected chi connectivity index (χ3v) is 7.12. The highest BCUT2D eigenvalue weighted by molar-refractivity contribution is 6.31. The second-order valence-electron chi connectivity index (χ2n) is 8.79. The molecule has 0 aliphatic carbocycles. The van der Waals surface area contributed by atoms with E-state index in [0.29, 0.717) is 41.1 Å². The molecule has 2 aliphatic heterocycles. The second kappa shape index (κ2) is 8.60. The lowest BCUT2D eigenvalue weighted by molar-refractivity contribution is -0.119. The molecule has 31 heavy (non-hydrogen) atoms. The zero-order chi connectivity index (χ0) is 22.3. The third-order valence-electron chi connectivity index (χ3n) is 6.72. The van der Waals surface area contributed by atoms with Gasteiger partial charge in [0.2, 0.25) is 5.91 Å². The number of benzene rings is 2. The molecule has 3 unspecified atom stereocenters. The SMILES string of the molecule is Cc1ccc(C(CC(N)=O)N2CC3CN(C(=O)c4cccc(F)c4C)CC3C2)cc1Cl. The van der Waals surface area contributed by atoms with Crippen LogP contribution in [-0.4, -0.2) is 47.8 Å². The van der Waals surface area contributed by atoms with Crippen LogP contribution in [-0.2, 0) is 4.79 Å². The summed E-state index contributed by atoms with van der Waals surface area (Å²) in [6.07, 6.45) is 0.226. The number of hydrogen-bond acceptors (Lipinski definition) is 3. The van der Waals surface area contributed by atoms with E-state index in [9.17, 15) is 14.0 Å². The molecule has 164 valence electrons. The van der Waals surface area contributed by atoms with Crippen molar-refractivity contribution in [1.82, 2.24) is 9.80 Å². The molecule has 7 heteroatoms. The summed E-state index contributed by atoms with van der Waals surface area (Å²) in [4.78, 5) is 28.9. The maximum absolute atomic E-state index is 13.9. The van der Waals surface area contributed by atoms with Gasteiger partial charge in [-0.2, -0.15) is 0 Å². The number of nitrogens with two attached hydrogens (primary N) is 1. The molecule has 2 fully saturated rings. The molecule has 2 heterocycles. The number of halogens is 2. The maximum Gasteiger partial charge on any atom is 0.254 e. The highest BCUT2D eigenvalue weighted by Crippen LogP contribution is 2.38. The normalized spacial score (nSPS) is 21.9. The Bertz CT molecular complexity index is 1010. The topological polar surface area (TPSA) is 66.6 Å².